The number of piperidine rings is 1. The van der Waals surface area contributed by atoms with Gasteiger partial charge in [-0.1, -0.05) is 11.6 Å². The molecule has 8 heteroatoms. The maximum atomic E-state index is 12.9. The van der Waals surface area contributed by atoms with Crippen LogP contribution in [0.2, 0.25) is 5.02 Å². The zero-order valence-corrected chi connectivity index (χ0v) is 17.5. The van der Waals surface area contributed by atoms with Gasteiger partial charge in [0.25, 0.3) is 11.8 Å². The number of likely N-dealkylation sites (tertiary alicyclic amines) is 1. The number of hydrogen-bond acceptors (Lipinski definition) is 4. The van der Waals surface area contributed by atoms with Crippen molar-refractivity contribution >= 4 is 40.4 Å². The second kappa shape index (κ2) is 7.15. The van der Waals surface area contributed by atoms with Gasteiger partial charge in [-0.2, -0.15) is 0 Å². The number of halogens is 1. The van der Waals surface area contributed by atoms with Gasteiger partial charge in [0.2, 0.25) is 0 Å². The summed E-state index contributed by atoms with van der Waals surface area (Å²) in [4.78, 5) is 32.9. The van der Waals surface area contributed by atoms with E-state index in [0.29, 0.717) is 29.5 Å². The molecule has 150 valence electrons. The van der Waals surface area contributed by atoms with E-state index in [1.165, 1.54) is 11.3 Å². The van der Waals surface area contributed by atoms with Crippen molar-refractivity contribution in [2.45, 2.75) is 25.8 Å². The quantitative estimate of drug-likeness (QED) is 0.692. The Hall–Kier alpha value is -2.38. The summed E-state index contributed by atoms with van der Waals surface area (Å²) in [7, 11) is 0. The maximum Gasteiger partial charge on any atom is 0.271 e. The fourth-order valence-corrected chi connectivity index (χ4v) is 5.72. The lowest BCUT2D eigenvalue weighted by molar-refractivity contribution is 0.0601. The van der Waals surface area contributed by atoms with Crippen LogP contribution in [0.15, 0.2) is 36.0 Å². The first kappa shape index (κ1) is 18.6. The molecule has 2 bridgehead atoms. The lowest BCUT2D eigenvalue weighted by Gasteiger charge is -2.38. The number of fused-ring (bicyclic) bond motifs is 3. The molecule has 0 aromatic carbocycles. The van der Waals surface area contributed by atoms with Gasteiger partial charge < -0.3 is 14.6 Å². The number of imidazole rings is 1. The van der Waals surface area contributed by atoms with Crippen molar-refractivity contribution in [1.29, 1.82) is 0 Å². The average molecular weight is 429 g/mol. The van der Waals surface area contributed by atoms with E-state index in [2.05, 4.69) is 10.3 Å². The fourth-order valence-electron chi connectivity index (χ4n) is 4.66. The molecule has 3 aromatic rings. The summed E-state index contributed by atoms with van der Waals surface area (Å²) < 4.78 is 1.76. The van der Waals surface area contributed by atoms with Gasteiger partial charge in [-0.3, -0.25) is 9.59 Å². The van der Waals surface area contributed by atoms with Crippen LogP contribution in [0.4, 0.5) is 0 Å². The number of aryl methyl sites for hydroxylation is 1. The second-order valence-electron chi connectivity index (χ2n) is 7.98. The number of amides is 2. The Balaban J connectivity index is 1.30. The summed E-state index contributed by atoms with van der Waals surface area (Å²) >= 11 is 7.52. The van der Waals surface area contributed by atoms with Crippen LogP contribution in [0.1, 0.15) is 38.6 Å². The van der Waals surface area contributed by atoms with Crippen LogP contribution in [-0.2, 0) is 0 Å². The van der Waals surface area contributed by atoms with Crippen LogP contribution in [0.3, 0.4) is 0 Å². The topological polar surface area (TPSA) is 66.7 Å². The first-order chi connectivity index (χ1) is 14.0. The van der Waals surface area contributed by atoms with Crippen molar-refractivity contribution in [3.63, 3.8) is 0 Å². The molecule has 1 aliphatic heterocycles. The average Bonchev–Trinajstić information content (AvgIpc) is 3.36. The molecule has 1 aliphatic carbocycles. The number of carbonyl (C=O) groups is 2. The van der Waals surface area contributed by atoms with E-state index in [-0.39, 0.29) is 29.7 Å². The molecule has 2 fully saturated rings. The van der Waals surface area contributed by atoms with Gasteiger partial charge in [-0.05, 0) is 60.7 Å². The summed E-state index contributed by atoms with van der Waals surface area (Å²) in [5.74, 6) is 0.527. The standard InChI is InChI=1S/C21H21ClN4O2S/c1-12-6-7-29-19(12)21(28)26-8-13-2-3-14(9-26)18(13)24-20(27)16-11-25-10-15(22)4-5-17(25)23-16/h4-7,10-11,13-14,18H,2-3,8-9H2,1H3,(H,24,27)/t13-,14+,18?. The molecular formula is C21H21ClN4O2S. The minimum absolute atomic E-state index is 0.0874. The van der Waals surface area contributed by atoms with E-state index in [9.17, 15) is 9.59 Å². The highest BCUT2D eigenvalue weighted by Gasteiger charge is 2.44. The Morgan fingerprint density at radius 1 is 1.17 bits per heavy atom. The van der Waals surface area contributed by atoms with Gasteiger partial charge in [0, 0.05) is 31.5 Å². The van der Waals surface area contributed by atoms with E-state index in [1.54, 1.807) is 28.9 Å². The number of rotatable bonds is 3. The van der Waals surface area contributed by atoms with E-state index in [4.69, 9.17) is 11.6 Å². The van der Waals surface area contributed by atoms with E-state index >= 15 is 0 Å². The minimum atomic E-state index is -0.166. The third-order valence-electron chi connectivity index (χ3n) is 6.12. The van der Waals surface area contributed by atoms with Gasteiger partial charge in [-0.15, -0.1) is 11.3 Å². The van der Waals surface area contributed by atoms with Gasteiger partial charge in [0.15, 0.2) is 0 Å². The first-order valence-electron chi connectivity index (χ1n) is 9.78. The molecule has 1 N–H and O–H groups in total. The highest BCUT2D eigenvalue weighted by atomic mass is 35.5. The maximum absolute atomic E-state index is 12.9. The van der Waals surface area contributed by atoms with Crippen LogP contribution >= 0.6 is 22.9 Å². The molecule has 1 saturated heterocycles. The molecule has 29 heavy (non-hydrogen) atoms. The van der Waals surface area contributed by atoms with Crippen LogP contribution in [0.5, 0.6) is 0 Å². The zero-order chi connectivity index (χ0) is 20.1. The molecule has 0 spiro atoms. The number of carbonyl (C=O) groups excluding carboxylic acids is 2. The molecule has 4 heterocycles. The lowest BCUT2D eigenvalue weighted by atomic mass is 9.91. The van der Waals surface area contributed by atoms with Crippen molar-refractivity contribution in [2.24, 2.45) is 11.8 Å². The SMILES string of the molecule is Cc1ccsc1C(=O)N1C[C@H]2CC[C@@H](C1)C2NC(=O)c1cn2cc(Cl)ccc2n1. The summed E-state index contributed by atoms with van der Waals surface area (Å²) in [6.45, 7) is 3.37. The number of thiophene rings is 1. The first-order valence-corrected chi connectivity index (χ1v) is 11.0. The lowest BCUT2D eigenvalue weighted by Crippen LogP contribution is -2.54. The molecular weight excluding hydrogens is 408 g/mol. The van der Waals surface area contributed by atoms with Crippen LogP contribution in [0.25, 0.3) is 5.65 Å². The largest absolute Gasteiger partial charge is 0.347 e. The predicted molar refractivity (Wildman–Crippen MR) is 113 cm³/mol. The number of nitrogens with zero attached hydrogens (tertiary/aromatic N) is 3. The normalized spacial score (nSPS) is 23.5. The molecule has 2 aliphatic rings. The smallest absolute Gasteiger partial charge is 0.271 e. The Morgan fingerprint density at radius 2 is 1.93 bits per heavy atom. The zero-order valence-electron chi connectivity index (χ0n) is 16.0. The molecule has 1 unspecified atom stereocenters. The van der Waals surface area contributed by atoms with Crippen molar-refractivity contribution < 1.29 is 9.59 Å². The van der Waals surface area contributed by atoms with Crippen LogP contribution in [-0.4, -0.2) is 45.2 Å². The summed E-state index contributed by atoms with van der Waals surface area (Å²) in [6, 6.07) is 5.62. The third kappa shape index (κ3) is 3.32. The summed E-state index contributed by atoms with van der Waals surface area (Å²) in [6.07, 6.45) is 5.50. The molecule has 1 saturated carbocycles. The fraction of sp³-hybridized carbons (Fsp3) is 0.381. The Bertz CT molecular complexity index is 1090. The molecule has 5 rings (SSSR count). The van der Waals surface area contributed by atoms with Crippen molar-refractivity contribution in [3.8, 4) is 0 Å². The Kier molecular flexibility index (Phi) is 4.59. The Labute approximate surface area is 177 Å². The minimum Gasteiger partial charge on any atom is -0.347 e. The molecule has 0 radical (unpaired) electrons. The third-order valence-corrected chi connectivity index (χ3v) is 7.35. The predicted octanol–water partition coefficient (Wildman–Crippen LogP) is 3.64. The van der Waals surface area contributed by atoms with Gasteiger partial charge in [-0.25, -0.2) is 4.98 Å². The number of pyridine rings is 1. The van der Waals surface area contributed by atoms with Crippen molar-refractivity contribution in [1.82, 2.24) is 19.6 Å². The second-order valence-corrected chi connectivity index (χ2v) is 9.33. The van der Waals surface area contributed by atoms with Crippen LogP contribution < -0.4 is 5.32 Å². The van der Waals surface area contributed by atoms with Gasteiger partial charge >= 0.3 is 0 Å². The van der Waals surface area contributed by atoms with E-state index in [1.807, 2.05) is 23.3 Å². The molecule has 3 atom stereocenters. The number of hydrogen-bond donors (Lipinski definition) is 1. The Morgan fingerprint density at radius 3 is 2.62 bits per heavy atom. The number of nitrogens with one attached hydrogen (secondary N) is 1. The monoisotopic (exact) mass is 428 g/mol. The molecule has 6 nitrogen and oxygen atoms in total. The van der Waals surface area contributed by atoms with Crippen LogP contribution in [0, 0.1) is 18.8 Å². The van der Waals surface area contributed by atoms with Gasteiger partial charge in [0.1, 0.15) is 11.3 Å². The molecule has 2 amide bonds. The summed E-state index contributed by atoms with van der Waals surface area (Å²) in [5.41, 5.74) is 2.11. The summed E-state index contributed by atoms with van der Waals surface area (Å²) in [5, 5.41) is 5.76. The van der Waals surface area contributed by atoms with E-state index < -0.39 is 0 Å². The van der Waals surface area contributed by atoms with Crippen molar-refractivity contribution in [3.05, 3.63) is 57.1 Å². The van der Waals surface area contributed by atoms with Gasteiger partial charge in [0.05, 0.1) is 9.90 Å². The molecule has 3 aromatic heterocycles. The van der Waals surface area contributed by atoms with E-state index in [0.717, 1.165) is 23.3 Å². The highest BCUT2D eigenvalue weighted by molar-refractivity contribution is 7.12. The highest BCUT2D eigenvalue weighted by Crippen LogP contribution is 2.38. The number of aromatic nitrogens is 2. The van der Waals surface area contributed by atoms with Crippen molar-refractivity contribution in [2.75, 3.05) is 13.1 Å².